The van der Waals surface area contributed by atoms with E-state index in [9.17, 15) is 5.11 Å². The van der Waals surface area contributed by atoms with Crippen molar-refractivity contribution < 1.29 is 5.11 Å². The monoisotopic (exact) mass is 259 g/mol. The fraction of sp³-hybridized carbons (Fsp3) is 0.400. The lowest BCUT2D eigenvalue weighted by atomic mass is 10.1. The average molecular weight is 259 g/mol. The maximum absolute atomic E-state index is 10.00. The third kappa shape index (κ3) is 3.03. The fourth-order valence-corrected chi connectivity index (χ4v) is 2.43. The number of rotatable bonds is 4. The van der Waals surface area contributed by atoms with Gasteiger partial charge in [0.15, 0.2) is 0 Å². The van der Waals surface area contributed by atoms with Gasteiger partial charge in [0, 0.05) is 37.3 Å². The molecule has 0 unspecified atom stereocenters. The second-order valence-corrected chi connectivity index (χ2v) is 5.52. The normalized spacial score (nSPS) is 11.8. The lowest BCUT2D eigenvalue weighted by molar-refractivity contribution is 0.0886. The van der Waals surface area contributed by atoms with Gasteiger partial charge in [-0.25, -0.2) is 0 Å². The molecule has 0 fully saturated rings. The average Bonchev–Trinajstić information content (AvgIpc) is 2.35. The molecule has 0 aliphatic heterocycles. The molecule has 0 bridgehead atoms. The predicted molar refractivity (Wildman–Crippen MR) is 79.2 cm³/mol. The smallest absolute Gasteiger partial charge is 0.0765 e. The Bertz CT molecular complexity index is 575. The number of benzene rings is 1. The Balaban J connectivity index is 2.55. The van der Waals surface area contributed by atoms with Crippen LogP contribution in [0, 0.1) is 0 Å². The van der Waals surface area contributed by atoms with Gasteiger partial charge in [0.2, 0.25) is 0 Å². The summed E-state index contributed by atoms with van der Waals surface area (Å²) < 4.78 is 0. The Hall–Kier alpha value is -1.65. The van der Waals surface area contributed by atoms with Crippen LogP contribution in [0.15, 0.2) is 30.5 Å². The lowest BCUT2D eigenvalue weighted by Gasteiger charge is -2.29. The Morgan fingerprint density at radius 2 is 2.00 bits per heavy atom. The number of para-hydroxylation sites is 1. The second-order valence-electron chi connectivity index (χ2n) is 5.52. The van der Waals surface area contributed by atoms with Crippen LogP contribution in [0.1, 0.15) is 19.4 Å². The third-order valence-corrected chi connectivity index (χ3v) is 3.05. The first kappa shape index (κ1) is 13.8. The summed E-state index contributed by atoms with van der Waals surface area (Å²) in [6.45, 7) is 4.57. The van der Waals surface area contributed by atoms with E-state index < -0.39 is 5.60 Å². The molecule has 0 amide bonds. The Labute approximate surface area is 113 Å². The number of aromatic nitrogens is 1. The SMILES string of the molecule is CN(CC(C)(C)O)c1c(CN)cnc2ccccc12. The van der Waals surface area contributed by atoms with Gasteiger partial charge in [-0.15, -0.1) is 0 Å². The molecular formula is C15H21N3O. The minimum Gasteiger partial charge on any atom is -0.389 e. The first-order valence-electron chi connectivity index (χ1n) is 6.42. The molecule has 102 valence electrons. The van der Waals surface area contributed by atoms with E-state index in [1.54, 1.807) is 13.8 Å². The molecule has 1 aromatic heterocycles. The summed E-state index contributed by atoms with van der Waals surface area (Å²) in [5.41, 5.74) is 8.04. The van der Waals surface area contributed by atoms with E-state index >= 15 is 0 Å². The van der Waals surface area contributed by atoms with Crippen LogP contribution < -0.4 is 10.6 Å². The van der Waals surface area contributed by atoms with Crippen LogP contribution in [0.5, 0.6) is 0 Å². The Morgan fingerprint density at radius 1 is 1.32 bits per heavy atom. The van der Waals surface area contributed by atoms with Crippen molar-refractivity contribution in [1.29, 1.82) is 0 Å². The van der Waals surface area contributed by atoms with E-state index in [1.165, 1.54) is 0 Å². The van der Waals surface area contributed by atoms with Crippen molar-refractivity contribution in [1.82, 2.24) is 4.98 Å². The van der Waals surface area contributed by atoms with Crippen LogP contribution in [0.3, 0.4) is 0 Å². The Kier molecular flexibility index (Phi) is 3.73. The molecule has 0 spiro atoms. The largest absolute Gasteiger partial charge is 0.389 e. The molecule has 2 aromatic rings. The number of hydrogen-bond acceptors (Lipinski definition) is 4. The number of nitrogens with two attached hydrogens (primary N) is 1. The number of nitrogens with zero attached hydrogens (tertiary/aromatic N) is 2. The van der Waals surface area contributed by atoms with Gasteiger partial charge in [0.05, 0.1) is 16.8 Å². The topological polar surface area (TPSA) is 62.4 Å². The van der Waals surface area contributed by atoms with E-state index in [0.29, 0.717) is 13.1 Å². The number of pyridine rings is 1. The van der Waals surface area contributed by atoms with E-state index in [0.717, 1.165) is 22.2 Å². The zero-order chi connectivity index (χ0) is 14.0. The minimum absolute atomic E-state index is 0.434. The van der Waals surface area contributed by atoms with Crippen LogP contribution >= 0.6 is 0 Å². The molecule has 0 atom stereocenters. The lowest BCUT2D eigenvalue weighted by Crippen LogP contribution is -2.37. The molecule has 0 aliphatic carbocycles. The zero-order valence-electron chi connectivity index (χ0n) is 11.7. The van der Waals surface area contributed by atoms with Crippen LogP contribution in [-0.2, 0) is 6.54 Å². The maximum Gasteiger partial charge on any atom is 0.0765 e. The van der Waals surface area contributed by atoms with Crippen molar-refractivity contribution >= 4 is 16.6 Å². The first-order chi connectivity index (χ1) is 8.92. The molecule has 1 heterocycles. The predicted octanol–water partition coefficient (Wildman–Crippen LogP) is 1.90. The van der Waals surface area contributed by atoms with Gasteiger partial charge in [-0.2, -0.15) is 0 Å². The third-order valence-electron chi connectivity index (χ3n) is 3.05. The maximum atomic E-state index is 10.00. The second kappa shape index (κ2) is 5.15. The van der Waals surface area contributed by atoms with Crippen LogP contribution in [0.4, 0.5) is 5.69 Å². The summed E-state index contributed by atoms with van der Waals surface area (Å²) in [5, 5.41) is 11.1. The Morgan fingerprint density at radius 3 is 2.63 bits per heavy atom. The summed E-state index contributed by atoms with van der Waals surface area (Å²) >= 11 is 0. The summed E-state index contributed by atoms with van der Waals surface area (Å²) in [6, 6.07) is 7.98. The highest BCUT2D eigenvalue weighted by atomic mass is 16.3. The molecule has 0 saturated carbocycles. The summed E-state index contributed by atoms with van der Waals surface area (Å²) in [7, 11) is 1.97. The highest BCUT2D eigenvalue weighted by Crippen LogP contribution is 2.29. The van der Waals surface area contributed by atoms with Crippen molar-refractivity contribution in [2.24, 2.45) is 5.73 Å². The van der Waals surface area contributed by atoms with E-state index in [4.69, 9.17) is 5.73 Å². The van der Waals surface area contributed by atoms with Gasteiger partial charge in [0.25, 0.3) is 0 Å². The molecule has 1 aromatic carbocycles. The van der Waals surface area contributed by atoms with E-state index in [2.05, 4.69) is 4.98 Å². The number of hydrogen-bond donors (Lipinski definition) is 2. The number of aliphatic hydroxyl groups is 1. The van der Waals surface area contributed by atoms with E-state index in [-0.39, 0.29) is 0 Å². The van der Waals surface area contributed by atoms with Gasteiger partial charge < -0.3 is 15.7 Å². The molecule has 0 aliphatic rings. The van der Waals surface area contributed by atoms with Crippen molar-refractivity contribution in [3.8, 4) is 0 Å². The summed E-state index contributed by atoms with van der Waals surface area (Å²) in [5.74, 6) is 0. The quantitative estimate of drug-likeness (QED) is 0.880. The zero-order valence-corrected chi connectivity index (χ0v) is 11.7. The molecule has 4 nitrogen and oxygen atoms in total. The van der Waals surface area contributed by atoms with Gasteiger partial charge in [-0.3, -0.25) is 4.98 Å². The van der Waals surface area contributed by atoms with Crippen molar-refractivity contribution in [2.45, 2.75) is 26.0 Å². The highest BCUT2D eigenvalue weighted by Gasteiger charge is 2.19. The van der Waals surface area contributed by atoms with Crippen LogP contribution in [0.2, 0.25) is 0 Å². The van der Waals surface area contributed by atoms with Gasteiger partial charge in [0.1, 0.15) is 0 Å². The minimum atomic E-state index is -0.759. The first-order valence-corrected chi connectivity index (χ1v) is 6.42. The standard InChI is InChI=1S/C15H21N3O/c1-15(2,19)10-18(3)14-11(8-16)9-17-13-7-5-4-6-12(13)14/h4-7,9,19H,8,10,16H2,1-3H3. The molecule has 0 saturated heterocycles. The van der Waals surface area contributed by atoms with Crippen LogP contribution in [-0.4, -0.2) is 29.3 Å². The summed E-state index contributed by atoms with van der Waals surface area (Å²) in [4.78, 5) is 6.47. The van der Waals surface area contributed by atoms with Gasteiger partial charge in [-0.05, 0) is 19.9 Å². The fourth-order valence-electron chi connectivity index (χ4n) is 2.43. The molecule has 19 heavy (non-hydrogen) atoms. The number of fused-ring (bicyclic) bond motifs is 1. The number of likely N-dealkylation sites (N-methyl/N-ethyl adjacent to an activating group) is 1. The van der Waals surface area contributed by atoms with Gasteiger partial charge in [-0.1, -0.05) is 18.2 Å². The van der Waals surface area contributed by atoms with Crippen molar-refractivity contribution in [3.63, 3.8) is 0 Å². The number of anilines is 1. The van der Waals surface area contributed by atoms with Crippen molar-refractivity contribution in [3.05, 3.63) is 36.0 Å². The summed E-state index contributed by atoms with van der Waals surface area (Å²) in [6.07, 6.45) is 1.82. The highest BCUT2D eigenvalue weighted by molar-refractivity contribution is 5.93. The molecule has 4 heteroatoms. The van der Waals surface area contributed by atoms with Crippen molar-refractivity contribution in [2.75, 3.05) is 18.5 Å². The van der Waals surface area contributed by atoms with E-state index in [1.807, 2.05) is 42.4 Å². The van der Waals surface area contributed by atoms with Crippen LogP contribution in [0.25, 0.3) is 10.9 Å². The molecule has 3 N–H and O–H groups in total. The van der Waals surface area contributed by atoms with Gasteiger partial charge >= 0.3 is 0 Å². The molecule has 0 radical (unpaired) electrons. The molecular weight excluding hydrogens is 238 g/mol. The molecule has 2 rings (SSSR count).